The first-order valence-electron chi connectivity index (χ1n) is 13.4. The van der Waals surface area contributed by atoms with Crippen molar-refractivity contribution in [3.63, 3.8) is 0 Å². The van der Waals surface area contributed by atoms with Gasteiger partial charge in [-0.05, 0) is 74.8 Å². The lowest BCUT2D eigenvalue weighted by atomic mass is 9.96. The predicted molar refractivity (Wildman–Crippen MR) is 147 cm³/mol. The average Bonchev–Trinajstić information content (AvgIpc) is 3.25. The summed E-state index contributed by atoms with van der Waals surface area (Å²) < 4.78 is 0. The van der Waals surface area contributed by atoms with Gasteiger partial charge < -0.3 is 9.80 Å². The molecule has 2 saturated heterocycles. The molecule has 190 valence electrons. The van der Waals surface area contributed by atoms with Gasteiger partial charge in [0.1, 0.15) is 16.8 Å². The maximum atomic E-state index is 12.2. The number of rotatable bonds is 5. The highest BCUT2D eigenvalue weighted by Gasteiger charge is 2.28. The predicted octanol–water partition coefficient (Wildman–Crippen LogP) is 6.63. The van der Waals surface area contributed by atoms with Gasteiger partial charge in [0.15, 0.2) is 0 Å². The normalized spacial score (nSPS) is 19.5. The van der Waals surface area contributed by atoms with E-state index in [2.05, 4.69) is 29.7 Å². The van der Waals surface area contributed by atoms with Gasteiger partial charge in [0, 0.05) is 54.6 Å². The lowest BCUT2D eigenvalue weighted by Gasteiger charge is -2.35. The van der Waals surface area contributed by atoms with E-state index in [0.717, 1.165) is 105 Å². The zero-order chi connectivity index (χ0) is 25.2. The number of hydrogen-bond donors (Lipinski definition) is 0. The van der Waals surface area contributed by atoms with Crippen LogP contribution in [0, 0.1) is 33.3 Å². The zero-order valence-corrected chi connectivity index (χ0v) is 22.1. The molecule has 3 aliphatic rings. The third kappa shape index (κ3) is 4.99. The molecule has 1 aliphatic carbocycles. The van der Waals surface area contributed by atoms with E-state index in [1.807, 2.05) is 6.07 Å². The fraction of sp³-hybridized carbons (Fsp3) is 0.571. The Morgan fingerprint density at radius 3 is 2.25 bits per heavy atom. The van der Waals surface area contributed by atoms with Crippen LogP contribution in [-0.4, -0.2) is 37.3 Å². The van der Waals surface area contributed by atoms with Crippen LogP contribution in [0.1, 0.15) is 73.9 Å². The third-order valence-electron chi connectivity index (χ3n) is 8.15. The van der Waals surface area contributed by atoms with E-state index in [1.165, 1.54) is 4.88 Å². The summed E-state index contributed by atoms with van der Waals surface area (Å²) >= 11 is 1.61. The molecule has 0 spiro atoms. The Hall–Kier alpha value is -2.92. The van der Waals surface area contributed by atoms with Crippen LogP contribution in [0.25, 0.3) is 0 Å². The summed E-state index contributed by atoms with van der Waals surface area (Å²) in [6, 6.07) is 6.13. The molecule has 0 saturated carbocycles. The number of thiophene rings is 1. The number of nitro groups is 1. The SMILES string of the molecule is CC1CCN(c2cc(N3CCC(C)CC3)c([N+](=O)[O-])cc2C=Nc2sc3c(c2C#N)CCCC3)CC1. The second-order valence-electron chi connectivity index (χ2n) is 10.8. The Morgan fingerprint density at radius 2 is 1.64 bits per heavy atom. The monoisotopic (exact) mass is 505 g/mol. The van der Waals surface area contributed by atoms with Gasteiger partial charge in [0.2, 0.25) is 0 Å². The van der Waals surface area contributed by atoms with Crippen LogP contribution in [0.2, 0.25) is 0 Å². The van der Waals surface area contributed by atoms with Crippen LogP contribution >= 0.6 is 11.3 Å². The Bertz CT molecular complexity index is 1200. The molecule has 0 bridgehead atoms. The molecule has 0 amide bonds. The number of piperidine rings is 2. The van der Waals surface area contributed by atoms with Crippen LogP contribution in [0.4, 0.5) is 22.1 Å². The Morgan fingerprint density at radius 1 is 1.03 bits per heavy atom. The molecule has 0 atom stereocenters. The first-order valence-corrected chi connectivity index (χ1v) is 14.2. The first-order chi connectivity index (χ1) is 17.4. The Balaban J connectivity index is 1.56. The fourth-order valence-corrected chi connectivity index (χ4v) is 6.93. The largest absolute Gasteiger partial charge is 0.371 e. The lowest BCUT2D eigenvalue weighted by molar-refractivity contribution is -0.384. The molecule has 1 aromatic carbocycles. The topological polar surface area (TPSA) is 85.8 Å². The summed E-state index contributed by atoms with van der Waals surface area (Å²) in [5, 5.41) is 22.8. The standard InChI is InChI=1S/C28H35N5O2S/c1-19-7-11-31(12-8-19)24-16-25(32-13-9-20(2)10-14-32)26(33(34)35)15-21(24)18-30-28-23(17-29)22-5-3-4-6-27(22)36-28/h15-16,18-20H,3-14H2,1-2H3. The van der Waals surface area contributed by atoms with Crippen LogP contribution in [0.5, 0.6) is 0 Å². The van der Waals surface area contributed by atoms with E-state index in [1.54, 1.807) is 23.6 Å². The van der Waals surface area contributed by atoms with Crippen molar-refractivity contribution < 1.29 is 4.92 Å². The van der Waals surface area contributed by atoms with Crippen LogP contribution in [0.15, 0.2) is 17.1 Å². The number of hydrogen-bond acceptors (Lipinski definition) is 7. The maximum absolute atomic E-state index is 12.2. The number of benzene rings is 1. The number of anilines is 2. The van der Waals surface area contributed by atoms with Gasteiger partial charge in [-0.1, -0.05) is 13.8 Å². The van der Waals surface area contributed by atoms with E-state index in [0.29, 0.717) is 17.4 Å². The quantitative estimate of drug-likeness (QED) is 0.259. The smallest absolute Gasteiger partial charge is 0.293 e. The fourth-order valence-electron chi connectivity index (χ4n) is 5.74. The minimum atomic E-state index is -0.253. The zero-order valence-electron chi connectivity index (χ0n) is 21.3. The van der Waals surface area contributed by atoms with E-state index >= 15 is 0 Å². The second-order valence-corrected chi connectivity index (χ2v) is 11.8. The molecular formula is C28H35N5O2S. The van der Waals surface area contributed by atoms with Gasteiger partial charge in [-0.3, -0.25) is 10.1 Å². The number of fused-ring (bicyclic) bond motifs is 1. The number of aryl methyl sites for hydroxylation is 1. The van der Waals surface area contributed by atoms with Gasteiger partial charge >= 0.3 is 0 Å². The van der Waals surface area contributed by atoms with E-state index in [9.17, 15) is 15.4 Å². The Kier molecular flexibility index (Phi) is 7.29. The molecule has 2 aliphatic heterocycles. The maximum Gasteiger partial charge on any atom is 0.293 e. The van der Waals surface area contributed by atoms with Gasteiger partial charge in [0.05, 0.1) is 10.5 Å². The molecule has 5 rings (SSSR count). The highest BCUT2D eigenvalue weighted by atomic mass is 32.1. The van der Waals surface area contributed by atoms with Crippen molar-refractivity contribution in [2.24, 2.45) is 16.8 Å². The van der Waals surface area contributed by atoms with Gasteiger partial charge in [-0.25, -0.2) is 4.99 Å². The molecule has 8 heteroatoms. The number of nitriles is 1. The Labute approximate surface area is 217 Å². The molecule has 3 heterocycles. The summed E-state index contributed by atoms with van der Waals surface area (Å²) in [6.45, 7) is 8.11. The average molecular weight is 506 g/mol. The summed E-state index contributed by atoms with van der Waals surface area (Å²) in [5.41, 5.74) is 4.50. The van der Waals surface area contributed by atoms with E-state index in [4.69, 9.17) is 4.99 Å². The highest BCUT2D eigenvalue weighted by molar-refractivity contribution is 7.16. The van der Waals surface area contributed by atoms with Crippen molar-refractivity contribution in [1.82, 2.24) is 0 Å². The van der Waals surface area contributed by atoms with Crippen molar-refractivity contribution in [1.29, 1.82) is 5.26 Å². The number of nitrogens with zero attached hydrogens (tertiary/aromatic N) is 5. The lowest BCUT2D eigenvalue weighted by Crippen LogP contribution is -2.35. The molecule has 0 unspecified atom stereocenters. The van der Waals surface area contributed by atoms with E-state index < -0.39 is 0 Å². The molecule has 7 nitrogen and oxygen atoms in total. The van der Waals surface area contributed by atoms with E-state index in [-0.39, 0.29) is 10.6 Å². The minimum absolute atomic E-state index is 0.145. The van der Waals surface area contributed by atoms with Gasteiger partial charge in [-0.2, -0.15) is 5.26 Å². The molecule has 36 heavy (non-hydrogen) atoms. The summed E-state index contributed by atoms with van der Waals surface area (Å²) in [7, 11) is 0. The molecule has 2 aromatic rings. The number of nitro benzene ring substituents is 1. The van der Waals surface area contributed by atoms with Crippen LogP contribution < -0.4 is 9.80 Å². The first kappa shape index (κ1) is 24.8. The molecule has 0 radical (unpaired) electrons. The van der Waals surface area contributed by atoms with Crippen LogP contribution in [-0.2, 0) is 12.8 Å². The minimum Gasteiger partial charge on any atom is -0.371 e. The molecular weight excluding hydrogens is 470 g/mol. The second kappa shape index (κ2) is 10.6. The summed E-state index contributed by atoms with van der Waals surface area (Å²) in [6.07, 6.45) is 10.3. The summed E-state index contributed by atoms with van der Waals surface area (Å²) in [4.78, 5) is 22.6. The van der Waals surface area contributed by atoms with Crippen molar-refractivity contribution in [3.05, 3.63) is 43.8 Å². The van der Waals surface area contributed by atoms with Crippen molar-refractivity contribution in [2.45, 2.75) is 65.2 Å². The molecule has 1 aromatic heterocycles. The van der Waals surface area contributed by atoms with Gasteiger partial charge in [0.25, 0.3) is 5.69 Å². The van der Waals surface area contributed by atoms with Crippen LogP contribution in [0.3, 0.4) is 0 Å². The number of aliphatic imine (C=N–C) groups is 1. The summed E-state index contributed by atoms with van der Waals surface area (Å²) in [5.74, 6) is 1.34. The van der Waals surface area contributed by atoms with Crippen molar-refractivity contribution in [3.8, 4) is 6.07 Å². The van der Waals surface area contributed by atoms with Gasteiger partial charge in [-0.15, -0.1) is 11.3 Å². The third-order valence-corrected chi connectivity index (χ3v) is 9.35. The molecule has 0 N–H and O–H groups in total. The highest BCUT2D eigenvalue weighted by Crippen LogP contribution is 2.41. The van der Waals surface area contributed by atoms with Crippen molar-refractivity contribution in [2.75, 3.05) is 36.0 Å². The van der Waals surface area contributed by atoms with Crippen molar-refractivity contribution >= 4 is 39.6 Å². The molecule has 2 fully saturated rings.